The van der Waals surface area contributed by atoms with Gasteiger partial charge in [-0.15, -0.1) is 0 Å². The molecule has 5 rings (SSSR count). The topological polar surface area (TPSA) is 114 Å². The van der Waals surface area contributed by atoms with E-state index in [0.29, 0.717) is 19.6 Å². The number of nitrogens with one attached hydrogen (secondary N) is 2. The molecule has 0 saturated carbocycles. The largest absolute Gasteiger partial charge is 0.497 e. The number of halogens is 2. The van der Waals surface area contributed by atoms with Gasteiger partial charge in [-0.3, -0.25) is 4.79 Å². The molecule has 1 atom stereocenters. The number of aromatic amines is 1. The lowest BCUT2D eigenvalue weighted by atomic mass is 10.1. The molecule has 0 radical (unpaired) electrons. The molecule has 3 aromatic heterocycles. The van der Waals surface area contributed by atoms with Gasteiger partial charge in [-0.2, -0.15) is 4.98 Å². The minimum Gasteiger partial charge on any atom is -0.497 e. The van der Waals surface area contributed by atoms with Gasteiger partial charge in [-0.25, -0.2) is 14.4 Å². The van der Waals surface area contributed by atoms with Gasteiger partial charge in [0.1, 0.15) is 34.8 Å². The van der Waals surface area contributed by atoms with Crippen LogP contribution in [0.2, 0.25) is 5.15 Å². The van der Waals surface area contributed by atoms with Gasteiger partial charge < -0.3 is 29.4 Å². The van der Waals surface area contributed by atoms with Gasteiger partial charge in [0.2, 0.25) is 5.88 Å². The fraction of sp³-hybridized carbons (Fsp3) is 0.273. The molecular formula is C33H34ClFN6O4S. The third-order valence-electron chi connectivity index (χ3n) is 7.33. The normalized spacial score (nSPS) is 11.8. The van der Waals surface area contributed by atoms with E-state index in [1.54, 1.807) is 26.7 Å². The van der Waals surface area contributed by atoms with Crippen LogP contribution in [-0.2, 0) is 13.1 Å². The van der Waals surface area contributed by atoms with Crippen LogP contribution in [0, 0.1) is 5.82 Å². The molecule has 46 heavy (non-hydrogen) atoms. The molecule has 2 aromatic carbocycles. The lowest BCUT2D eigenvalue weighted by Gasteiger charge is -2.28. The van der Waals surface area contributed by atoms with Crippen LogP contribution in [0.5, 0.6) is 17.4 Å². The van der Waals surface area contributed by atoms with Crippen molar-refractivity contribution in [3.8, 4) is 17.4 Å². The van der Waals surface area contributed by atoms with Crippen molar-refractivity contribution in [1.82, 2.24) is 25.3 Å². The first-order chi connectivity index (χ1) is 22.3. The van der Waals surface area contributed by atoms with E-state index in [9.17, 15) is 9.18 Å². The number of fused-ring (bicyclic) bond motifs is 1. The molecule has 0 unspecified atom stereocenters. The zero-order valence-electron chi connectivity index (χ0n) is 25.8. The fourth-order valence-electron chi connectivity index (χ4n) is 4.96. The van der Waals surface area contributed by atoms with Crippen molar-refractivity contribution in [2.45, 2.75) is 31.2 Å². The van der Waals surface area contributed by atoms with Gasteiger partial charge in [0, 0.05) is 37.4 Å². The van der Waals surface area contributed by atoms with Crippen LogP contribution in [0.25, 0.3) is 10.9 Å². The number of ether oxygens (including phenoxy) is 3. The van der Waals surface area contributed by atoms with E-state index in [1.807, 2.05) is 67.6 Å². The first-order valence-electron chi connectivity index (χ1n) is 14.5. The molecule has 5 aromatic rings. The van der Waals surface area contributed by atoms with Gasteiger partial charge in [-0.05, 0) is 54.6 Å². The smallest absolute Gasteiger partial charge is 0.265 e. The molecule has 0 spiro atoms. The predicted octanol–water partition coefficient (Wildman–Crippen LogP) is 6.18. The lowest BCUT2D eigenvalue weighted by molar-refractivity contribution is 0.299. The molecule has 0 fully saturated rings. The Labute approximate surface area is 275 Å². The number of aromatic nitrogens is 4. The second-order valence-corrected chi connectivity index (χ2v) is 11.5. The lowest BCUT2D eigenvalue weighted by Crippen LogP contribution is -2.29. The molecule has 0 aliphatic rings. The monoisotopic (exact) mass is 664 g/mol. The highest BCUT2D eigenvalue weighted by Gasteiger charge is 2.21. The summed E-state index contributed by atoms with van der Waals surface area (Å²) in [4.78, 5) is 30.5. The van der Waals surface area contributed by atoms with Crippen molar-refractivity contribution >= 4 is 40.1 Å². The number of nitrogens with zero attached hydrogens (tertiary/aromatic N) is 4. The Kier molecular flexibility index (Phi) is 10.9. The molecule has 0 saturated heterocycles. The summed E-state index contributed by atoms with van der Waals surface area (Å²) in [6.07, 6.45) is 3.51. The average Bonchev–Trinajstić information content (AvgIpc) is 3.08. The van der Waals surface area contributed by atoms with Gasteiger partial charge in [0.05, 0.1) is 14.2 Å². The van der Waals surface area contributed by atoms with Crippen LogP contribution in [0.3, 0.4) is 0 Å². The minimum atomic E-state index is -0.866. The molecule has 10 nitrogen and oxygen atoms in total. The van der Waals surface area contributed by atoms with Crippen molar-refractivity contribution in [2.75, 3.05) is 38.5 Å². The second kappa shape index (κ2) is 15.3. The molecule has 240 valence electrons. The van der Waals surface area contributed by atoms with Crippen LogP contribution in [0.15, 0.2) is 76.8 Å². The number of pyridine rings is 2. The van der Waals surface area contributed by atoms with Gasteiger partial charge in [0.15, 0.2) is 16.1 Å². The van der Waals surface area contributed by atoms with Gasteiger partial charge >= 0.3 is 0 Å². The minimum absolute atomic E-state index is 0.0792. The highest BCUT2D eigenvalue weighted by molar-refractivity contribution is 7.98. The average molecular weight is 665 g/mol. The summed E-state index contributed by atoms with van der Waals surface area (Å²) in [7, 11) is 3.30. The molecule has 3 heterocycles. The SMILES string of the molecule is COc1ccc(CN(Cc2ccc(OC)cc2)c2ncccc2[C@@H](C)NCCOc2nc(Cl)c(F)c3nc(SC)[nH]c(=O)c23)cc1. The fourth-order valence-corrected chi connectivity index (χ4v) is 5.50. The quantitative estimate of drug-likeness (QED) is 0.0617. The summed E-state index contributed by atoms with van der Waals surface area (Å²) in [5.41, 5.74) is 2.46. The van der Waals surface area contributed by atoms with E-state index in [0.717, 1.165) is 34.0 Å². The first-order valence-corrected chi connectivity index (χ1v) is 16.1. The Hall–Kier alpha value is -4.39. The number of hydrogen-bond acceptors (Lipinski definition) is 10. The third kappa shape index (κ3) is 7.69. The van der Waals surface area contributed by atoms with Crippen LogP contribution in [0.4, 0.5) is 10.2 Å². The highest BCUT2D eigenvalue weighted by Crippen LogP contribution is 2.29. The summed E-state index contributed by atoms with van der Waals surface area (Å²) >= 11 is 7.19. The van der Waals surface area contributed by atoms with E-state index < -0.39 is 16.5 Å². The number of hydrogen-bond donors (Lipinski definition) is 2. The van der Waals surface area contributed by atoms with Gasteiger partial charge in [-0.1, -0.05) is 53.7 Å². The molecule has 13 heteroatoms. The number of rotatable bonds is 14. The zero-order chi connectivity index (χ0) is 32.6. The van der Waals surface area contributed by atoms with Crippen LogP contribution in [0.1, 0.15) is 29.7 Å². The zero-order valence-corrected chi connectivity index (χ0v) is 27.4. The summed E-state index contributed by atoms with van der Waals surface area (Å²) in [6, 6.07) is 19.8. The third-order valence-corrected chi connectivity index (χ3v) is 8.16. The molecule has 0 amide bonds. The summed E-state index contributed by atoms with van der Waals surface area (Å²) in [5.74, 6) is 1.47. The molecule has 0 aliphatic carbocycles. The number of thioether (sulfide) groups is 1. The van der Waals surface area contributed by atoms with Crippen molar-refractivity contribution < 1.29 is 18.6 Å². The number of benzene rings is 2. The van der Waals surface area contributed by atoms with E-state index >= 15 is 0 Å². The predicted molar refractivity (Wildman–Crippen MR) is 179 cm³/mol. The van der Waals surface area contributed by atoms with E-state index in [4.69, 9.17) is 30.8 Å². The molecule has 2 N–H and O–H groups in total. The Morgan fingerprint density at radius 3 is 2.22 bits per heavy atom. The van der Waals surface area contributed by atoms with E-state index in [2.05, 4.69) is 25.2 Å². The van der Waals surface area contributed by atoms with E-state index in [-0.39, 0.29) is 34.6 Å². The standard InChI is InChI=1S/C33H34ClFN6O4S/c1-20(36-16-17-45-32-26-28(27(35)29(34)39-32)38-33(46-4)40-31(26)42)25-6-5-15-37-30(25)41(18-21-7-11-23(43-2)12-8-21)19-22-9-13-24(44-3)14-10-22/h5-15,20,36H,16-19H2,1-4H3,(H,38,40,42)/t20-/m1/s1. The second-order valence-electron chi connectivity index (χ2n) is 10.3. The highest BCUT2D eigenvalue weighted by atomic mass is 35.5. The first kappa shape index (κ1) is 33.0. The summed E-state index contributed by atoms with van der Waals surface area (Å²) in [5, 5.41) is 3.23. The Balaban J connectivity index is 1.33. The Morgan fingerprint density at radius 1 is 1.00 bits per heavy atom. The molecular weight excluding hydrogens is 631 g/mol. The Morgan fingerprint density at radius 2 is 1.63 bits per heavy atom. The van der Waals surface area contributed by atoms with Crippen molar-refractivity contribution in [2.24, 2.45) is 0 Å². The maximum absolute atomic E-state index is 14.7. The van der Waals surface area contributed by atoms with Crippen LogP contribution < -0.4 is 30.0 Å². The van der Waals surface area contributed by atoms with Crippen molar-refractivity contribution in [3.63, 3.8) is 0 Å². The maximum Gasteiger partial charge on any atom is 0.265 e. The molecule has 0 aliphatic heterocycles. The maximum atomic E-state index is 14.7. The van der Waals surface area contributed by atoms with Crippen LogP contribution in [-0.4, -0.2) is 53.6 Å². The van der Waals surface area contributed by atoms with Crippen molar-refractivity contribution in [1.29, 1.82) is 0 Å². The van der Waals surface area contributed by atoms with Crippen molar-refractivity contribution in [3.05, 3.63) is 105 Å². The number of anilines is 1. The number of H-pyrrole nitrogens is 1. The van der Waals surface area contributed by atoms with Gasteiger partial charge in [0.25, 0.3) is 5.56 Å². The van der Waals surface area contributed by atoms with E-state index in [1.165, 1.54) is 11.8 Å². The summed E-state index contributed by atoms with van der Waals surface area (Å²) in [6.45, 7) is 3.79. The van der Waals surface area contributed by atoms with Crippen LogP contribution >= 0.6 is 23.4 Å². The summed E-state index contributed by atoms with van der Waals surface area (Å²) < 4.78 is 31.2. The Bertz CT molecular complexity index is 1790. The molecule has 0 bridgehead atoms. The number of methoxy groups -OCH3 is 2.